The maximum absolute atomic E-state index is 10.3. The van der Waals surface area contributed by atoms with Gasteiger partial charge in [-0.2, -0.15) is 0 Å². The second-order valence-corrected chi connectivity index (χ2v) is 7.33. The van der Waals surface area contributed by atoms with Crippen LogP contribution in [0.25, 0.3) is 0 Å². The quantitative estimate of drug-likeness (QED) is 0.428. The molecule has 0 saturated heterocycles. The Morgan fingerprint density at radius 3 is 2.41 bits per heavy atom. The third kappa shape index (κ3) is 6.97. The van der Waals surface area contributed by atoms with Crippen LogP contribution in [0.3, 0.4) is 0 Å². The molecule has 29 heavy (non-hydrogen) atoms. The molecular formula is C22H32N2O5. The van der Waals surface area contributed by atoms with Gasteiger partial charge in [0.15, 0.2) is 0 Å². The number of para-hydroxylation sites is 1. The predicted molar refractivity (Wildman–Crippen MR) is 111 cm³/mol. The minimum atomic E-state index is -0.747. The molecule has 0 aliphatic carbocycles. The molecule has 0 aliphatic heterocycles. The average Bonchev–Trinajstić information content (AvgIpc) is 2.72. The van der Waals surface area contributed by atoms with Crippen LogP contribution in [0.5, 0.6) is 11.5 Å². The number of hydrogen-bond acceptors (Lipinski definition) is 7. The lowest BCUT2D eigenvalue weighted by Crippen LogP contribution is -2.40. The number of rotatable bonds is 12. The molecular weight excluding hydrogens is 372 g/mol. The van der Waals surface area contributed by atoms with Crippen molar-refractivity contribution in [1.82, 2.24) is 10.3 Å². The molecule has 2 unspecified atom stereocenters. The number of hydrogen-bond donors (Lipinski definition) is 4. The number of aryl methyl sites for hydroxylation is 1. The highest BCUT2D eigenvalue weighted by molar-refractivity contribution is 5.41. The highest BCUT2D eigenvalue weighted by atomic mass is 16.5. The lowest BCUT2D eigenvalue weighted by atomic mass is 10.1. The van der Waals surface area contributed by atoms with E-state index in [2.05, 4.69) is 24.1 Å². The first-order valence-electron chi connectivity index (χ1n) is 9.88. The van der Waals surface area contributed by atoms with E-state index >= 15 is 0 Å². The summed E-state index contributed by atoms with van der Waals surface area (Å²) in [4.78, 5) is 4.17. The third-order valence-electron chi connectivity index (χ3n) is 4.65. The summed E-state index contributed by atoms with van der Waals surface area (Å²) in [7, 11) is 0. The fourth-order valence-corrected chi connectivity index (χ4v) is 2.89. The fraction of sp³-hybridized carbons (Fsp3) is 0.500. The molecule has 0 fully saturated rings. The summed E-state index contributed by atoms with van der Waals surface area (Å²) in [5.41, 5.74) is 1.61. The zero-order chi connectivity index (χ0) is 21.2. The lowest BCUT2D eigenvalue weighted by molar-refractivity contribution is 0.0950. The highest BCUT2D eigenvalue weighted by Crippen LogP contribution is 2.25. The number of pyridine rings is 1. The highest BCUT2D eigenvalue weighted by Gasteiger charge is 2.17. The maximum Gasteiger partial charge on any atom is 0.146 e. The Balaban J connectivity index is 1.84. The van der Waals surface area contributed by atoms with Crippen molar-refractivity contribution >= 4 is 0 Å². The zero-order valence-corrected chi connectivity index (χ0v) is 17.3. The second-order valence-electron chi connectivity index (χ2n) is 7.33. The third-order valence-corrected chi connectivity index (χ3v) is 4.65. The molecule has 2 atom stereocenters. The van der Waals surface area contributed by atoms with E-state index < -0.39 is 6.10 Å². The molecule has 2 aromatic rings. The monoisotopic (exact) mass is 404 g/mol. The molecule has 1 aromatic carbocycles. The number of aliphatic hydroxyl groups is 3. The van der Waals surface area contributed by atoms with Gasteiger partial charge in [-0.1, -0.05) is 32.0 Å². The van der Waals surface area contributed by atoms with E-state index in [4.69, 9.17) is 9.47 Å². The first-order chi connectivity index (χ1) is 14.0. The van der Waals surface area contributed by atoms with Crippen molar-refractivity contribution in [3.8, 4) is 11.5 Å². The normalized spacial score (nSPS) is 13.3. The van der Waals surface area contributed by atoms with E-state index in [0.29, 0.717) is 41.6 Å². The molecule has 0 saturated carbocycles. The number of benzene rings is 1. The summed E-state index contributed by atoms with van der Waals surface area (Å²) in [6, 6.07) is 9.66. The molecule has 7 nitrogen and oxygen atoms in total. The van der Waals surface area contributed by atoms with Gasteiger partial charge in [0.25, 0.3) is 0 Å². The van der Waals surface area contributed by atoms with Crippen molar-refractivity contribution in [2.45, 2.75) is 46.2 Å². The summed E-state index contributed by atoms with van der Waals surface area (Å²) >= 11 is 0. The molecule has 1 aromatic heterocycles. The van der Waals surface area contributed by atoms with Crippen LogP contribution in [-0.4, -0.2) is 52.2 Å². The molecule has 0 spiro atoms. The molecule has 4 N–H and O–H groups in total. The van der Waals surface area contributed by atoms with Gasteiger partial charge in [-0.25, -0.2) is 0 Å². The second kappa shape index (κ2) is 11.7. The molecule has 7 heteroatoms. The van der Waals surface area contributed by atoms with Gasteiger partial charge in [-0.3, -0.25) is 4.98 Å². The maximum atomic E-state index is 10.3. The number of aromatic nitrogens is 1. The van der Waals surface area contributed by atoms with E-state index in [1.165, 1.54) is 6.20 Å². The Morgan fingerprint density at radius 1 is 1.07 bits per heavy atom. The molecule has 160 valence electrons. The van der Waals surface area contributed by atoms with Crippen LogP contribution < -0.4 is 14.8 Å². The van der Waals surface area contributed by atoms with Crippen LogP contribution in [-0.2, 0) is 13.2 Å². The van der Waals surface area contributed by atoms with Crippen LogP contribution in [0.2, 0.25) is 0 Å². The largest absolute Gasteiger partial charge is 0.489 e. The zero-order valence-electron chi connectivity index (χ0n) is 17.3. The van der Waals surface area contributed by atoms with Gasteiger partial charge in [0.05, 0.1) is 18.9 Å². The number of nitrogens with zero attached hydrogens (tertiary/aromatic N) is 1. The van der Waals surface area contributed by atoms with Gasteiger partial charge in [0.1, 0.15) is 30.3 Å². The van der Waals surface area contributed by atoms with E-state index in [9.17, 15) is 15.3 Å². The van der Waals surface area contributed by atoms with Crippen molar-refractivity contribution in [3.63, 3.8) is 0 Å². The number of ether oxygens (including phenoxy) is 2. The number of nitrogens with one attached hydrogen (secondary N) is 1. The lowest BCUT2D eigenvalue weighted by Gasteiger charge is -2.24. The van der Waals surface area contributed by atoms with Gasteiger partial charge in [-0.15, -0.1) is 0 Å². The summed E-state index contributed by atoms with van der Waals surface area (Å²) in [6.07, 6.45) is 0.743. The van der Waals surface area contributed by atoms with Crippen molar-refractivity contribution in [3.05, 3.63) is 53.3 Å². The molecule has 0 bridgehead atoms. The minimum Gasteiger partial charge on any atom is -0.489 e. The van der Waals surface area contributed by atoms with Gasteiger partial charge >= 0.3 is 0 Å². The smallest absolute Gasteiger partial charge is 0.146 e. The molecule has 2 rings (SSSR count). The molecule has 1 heterocycles. The van der Waals surface area contributed by atoms with Crippen molar-refractivity contribution in [2.24, 2.45) is 5.92 Å². The number of aliphatic hydroxyl groups excluding tert-OH is 3. The fourth-order valence-electron chi connectivity index (χ4n) is 2.89. The topological polar surface area (TPSA) is 104 Å². The molecule has 0 aliphatic rings. The van der Waals surface area contributed by atoms with Crippen molar-refractivity contribution in [2.75, 3.05) is 19.7 Å². The van der Waals surface area contributed by atoms with Crippen LogP contribution in [0.1, 0.15) is 30.7 Å². The van der Waals surface area contributed by atoms with Crippen LogP contribution in [0.4, 0.5) is 0 Å². The summed E-state index contributed by atoms with van der Waals surface area (Å²) in [5, 5.41) is 32.5. The van der Waals surface area contributed by atoms with Crippen molar-refractivity contribution < 1.29 is 24.8 Å². The summed E-state index contributed by atoms with van der Waals surface area (Å²) < 4.78 is 11.7. The Hall–Kier alpha value is -2.19. The molecule has 0 radical (unpaired) electrons. The molecule has 0 amide bonds. The Labute approximate surface area is 172 Å². The summed E-state index contributed by atoms with van der Waals surface area (Å²) in [5.74, 6) is 1.53. The SMILES string of the molecule is Cc1ncc(CO)c(CO)c1OCC(O)CNCC(Oc1ccccc1)C(C)C. The average molecular weight is 405 g/mol. The summed E-state index contributed by atoms with van der Waals surface area (Å²) in [6.45, 7) is 6.41. The van der Waals surface area contributed by atoms with Crippen molar-refractivity contribution in [1.29, 1.82) is 0 Å². The van der Waals surface area contributed by atoms with E-state index in [1.807, 2.05) is 30.3 Å². The van der Waals surface area contributed by atoms with Gasteiger partial charge in [0, 0.05) is 30.4 Å². The van der Waals surface area contributed by atoms with Crippen LogP contribution >= 0.6 is 0 Å². The standard InChI is InChI=1S/C22H32N2O5/c1-15(2)21(29-19-7-5-4-6-8-19)11-23-10-18(27)14-28-22-16(3)24-9-17(12-25)20(22)13-26/h4-9,15,18,21,23,25-27H,10-14H2,1-3H3. The van der Waals surface area contributed by atoms with Gasteiger partial charge in [0.2, 0.25) is 0 Å². The van der Waals surface area contributed by atoms with E-state index in [0.717, 1.165) is 5.75 Å². The Kier molecular flexibility index (Phi) is 9.34. The van der Waals surface area contributed by atoms with Gasteiger partial charge in [-0.05, 0) is 25.0 Å². The van der Waals surface area contributed by atoms with E-state index in [1.54, 1.807) is 6.92 Å². The minimum absolute atomic E-state index is 0.0285. The predicted octanol–water partition coefficient (Wildman–Crippen LogP) is 1.81. The Bertz CT molecular complexity index is 739. The first-order valence-corrected chi connectivity index (χ1v) is 9.88. The van der Waals surface area contributed by atoms with E-state index in [-0.39, 0.29) is 25.9 Å². The first kappa shape index (κ1) is 23.1. The Morgan fingerprint density at radius 2 is 1.79 bits per heavy atom. The van der Waals surface area contributed by atoms with Crippen LogP contribution in [0, 0.1) is 12.8 Å². The van der Waals surface area contributed by atoms with Gasteiger partial charge < -0.3 is 30.1 Å². The van der Waals surface area contributed by atoms with Crippen LogP contribution in [0.15, 0.2) is 36.5 Å².